The lowest BCUT2D eigenvalue weighted by molar-refractivity contribution is -0.139. The van der Waals surface area contributed by atoms with Gasteiger partial charge in [-0.15, -0.1) is 12.4 Å². The fourth-order valence-electron chi connectivity index (χ4n) is 0.615. The zero-order valence-electron chi connectivity index (χ0n) is 7.96. The minimum Gasteiger partial charge on any atom is -0.480 e. The Bertz CT molecular complexity index is 195. The van der Waals surface area contributed by atoms with Crippen LogP contribution in [0.4, 0.5) is 0 Å². The number of nitrogens with two attached hydrogens (primary N) is 2. The van der Waals surface area contributed by atoms with Gasteiger partial charge in [0.1, 0.15) is 12.1 Å². The van der Waals surface area contributed by atoms with Gasteiger partial charge in [-0.2, -0.15) is 11.8 Å². The van der Waals surface area contributed by atoms with E-state index in [1.165, 1.54) is 11.8 Å². The Morgan fingerprint density at radius 2 is 1.60 bits per heavy atom. The van der Waals surface area contributed by atoms with Crippen molar-refractivity contribution in [3.05, 3.63) is 0 Å². The van der Waals surface area contributed by atoms with E-state index in [1.807, 2.05) is 0 Å². The summed E-state index contributed by atoms with van der Waals surface area (Å²) in [6, 6.07) is -1.79. The summed E-state index contributed by atoms with van der Waals surface area (Å²) in [5.74, 6) is -1.34. The van der Waals surface area contributed by atoms with Crippen molar-refractivity contribution in [2.24, 2.45) is 11.5 Å². The van der Waals surface area contributed by atoms with Gasteiger partial charge in [0.15, 0.2) is 0 Å². The Labute approximate surface area is 97.8 Å². The molecule has 0 amide bonds. The Hall–Kier alpha value is -0.500. The molecule has 8 heteroatoms. The van der Waals surface area contributed by atoms with Crippen LogP contribution in [-0.2, 0) is 9.59 Å². The topological polar surface area (TPSA) is 127 Å². The molecule has 0 saturated carbocycles. The molecule has 0 fully saturated rings. The van der Waals surface area contributed by atoms with Gasteiger partial charge in [-0.3, -0.25) is 9.59 Å². The van der Waals surface area contributed by atoms with Gasteiger partial charge in [0.05, 0.1) is 0 Å². The maximum absolute atomic E-state index is 10.3. The number of hydrogen-bond donors (Lipinski definition) is 4. The zero-order valence-corrected chi connectivity index (χ0v) is 9.59. The highest BCUT2D eigenvalue weighted by molar-refractivity contribution is 7.99. The molecule has 0 saturated heterocycles. The molecule has 0 aromatic carbocycles. The van der Waals surface area contributed by atoms with Crippen molar-refractivity contribution in [2.75, 3.05) is 11.5 Å². The van der Waals surface area contributed by atoms with Gasteiger partial charge in [0.25, 0.3) is 0 Å². The van der Waals surface area contributed by atoms with Crippen LogP contribution in [0.15, 0.2) is 0 Å². The summed E-state index contributed by atoms with van der Waals surface area (Å²) in [5, 5.41) is 16.8. The lowest BCUT2D eigenvalue weighted by Crippen LogP contribution is -2.33. The van der Waals surface area contributed by atoms with Crippen molar-refractivity contribution >= 4 is 36.1 Å². The molecule has 0 heterocycles. The molecule has 15 heavy (non-hydrogen) atoms. The number of carbonyl (C=O) groups is 2. The van der Waals surface area contributed by atoms with E-state index in [0.29, 0.717) is 12.2 Å². The second-order valence-corrected chi connectivity index (χ2v) is 3.90. The van der Waals surface area contributed by atoms with Gasteiger partial charge in [0.2, 0.25) is 0 Å². The van der Waals surface area contributed by atoms with E-state index < -0.39 is 24.0 Å². The van der Waals surface area contributed by atoms with E-state index in [-0.39, 0.29) is 18.2 Å². The summed E-state index contributed by atoms with van der Waals surface area (Å²) in [5.41, 5.74) is 10.5. The number of carboxylic acids is 2. The molecule has 0 bridgehead atoms. The number of halogens is 1. The average molecular weight is 259 g/mol. The summed E-state index contributed by atoms with van der Waals surface area (Å²) >= 11 is 1.29. The van der Waals surface area contributed by atoms with Gasteiger partial charge in [0, 0.05) is 5.75 Å². The number of carboxylic acid groups (broad SMARTS) is 2. The van der Waals surface area contributed by atoms with Crippen LogP contribution >= 0.6 is 24.2 Å². The summed E-state index contributed by atoms with van der Waals surface area (Å²) in [4.78, 5) is 20.6. The predicted octanol–water partition coefficient (Wildman–Crippen LogP) is -0.645. The van der Waals surface area contributed by atoms with E-state index in [0.717, 1.165) is 0 Å². The largest absolute Gasteiger partial charge is 0.480 e. The van der Waals surface area contributed by atoms with Crippen LogP contribution in [0.25, 0.3) is 0 Å². The van der Waals surface area contributed by atoms with Crippen LogP contribution in [0.3, 0.4) is 0 Å². The summed E-state index contributed by atoms with van der Waals surface area (Å²) < 4.78 is 0. The van der Waals surface area contributed by atoms with Crippen molar-refractivity contribution in [1.29, 1.82) is 0 Å². The molecule has 0 aliphatic heterocycles. The molecule has 0 spiro atoms. The van der Waals surface area contributed by atoms with Crippen LogP contribution in [0, 0.1) is 0 Å². The van der Waals surface area contributed by atoms with Gasteiger partial charge in [-0.25, -0.2) is 0 Å². The minimum absolute atomic E-state index is 0. The van der Waals surface area contributed by atoms with Gasteiger partial charge in [-0.1, -0.05) is 0 Å². The SMILES string of the molecule is Cl.NC(CCSCC(N)C(=O)O)C(=O)O. The van der Waals surface area contributed by atoms with Crippen molar-refractivity contribution in [3.63, 3.8) is 0 Å². The molecule has 2 unspecified atom stereocenters. The summed E-state index contributed by atoms with van der Waals surface area (Å²) in [6.07, 6.45) is 0.312. The first kappa shape index (κ1) is 16.9. The first-order valence-corrected chi connectivity index (χ1v) is 5.15. The lowest BCUT2D eigenvalue weighted by Gasteiger charge is -2.07. The van der Waals surface area contributed by atoms with Gasteiger partial charge < -0.3 is 21.7 Å². The molecule has 0 aliphatic carbocycles. The maximum atomic E-state index is 10.3. The molecular weight excluding hydrogens is 244 g/mol. The first-order chi connectivity index (χ1) is 6.45. The van der Waals surface area contributed by atoms with Crippen molar-refractivity contribution < 1.29 is 19.8 Å². The lowest BCUT2D eigenvalue weighted by atomic mass is 10.2. The number of hydrogen-bond acceptors (Lipinski definition) is 5. The van der Waals surface area contributed by atoms with Crippen LogP contribution in [-0.4, -0.2) is 45.7 Å². The highest BCUT2D eigenvalue weighted by Crippen LogP contribution is 2.05. The van der Waals surface area contributed by atoms with Crippen molar-refractivity contribution in [3.8, 4) is 0 Å². The number of rotatable bonds is 7. The van der Waals surface area contributed by atoms with Crippen LogP contribution in [0.2, 0.25) is 0 Å². The van der Waals surface area contributed by atoms with E-state index >= 15 is 0 Å². The third-order valence-electron chi connectivity index (χ3n) is 1.50. The molecule has 0 aromatic heterocycles. The fourth-order valence-corrected chi connectivity index (χ4v) is 1.60. The molecule has 6 N–H and O–H groups in total. The standard InChI is InChI=1S/C7H14N2O4S.ClH/c8-4(6(10)11)1-2-14-3-5(9)7(12)13;/h4-5H,1-3,8-9H2,(H,10,11)(H,12,13);1H. The number of aliphatic carboxylic acids is 2. The van der Waals surface area contributed by atoms with Gasteiger partial charge >= 0.3 is 11.9 Å². The summed E-state index contributed by atoms with van der Waals surface area (Å²) in [7, 11) is 0. The monoisotopic (exact) mass is 258 g/mol. The fraction of sp³-hybridized carbons (Fsp3) is 0.714. The first-order valence-electron chi connectivity index (χ1n) is 3.99. The molecular formula is C7H15ClN2O4S. The highest BCUT2D eigenvalue weighted by atomic mass is 35.5. The molecule has 0 aliphatic rings. The van der Waals surface area contributed by atoms with Crippen LogP contribution < -0.4 is 11.5 Å². The Balaban J connectivity index is 0. The normalized spacial score (nSPS) is 13.7. The Morgan fingerprint density at radius 3 is 2.00 bits per heavy atom. The number of thioether (sulfide) groups is 1. The highest BCUT2D eigenvalue weighted by Gasteiger charge is 2.13. The average Bonchev–Trinajstić information content (AvgIpc) is 2.11. The molecule has 0 aromatic rings. The van der Waals surface area contributed by atoms with Crippen LogP contribution in [0.1, 0.15) is 6.42 Å². The van der Waals surface area contributed by atoms with Gasteiger partial charge in [-0.05, 0) is 12.2 Å². The van der Waals surface area contributed by atoms with Crippen LogP contribution in [0.5, 0.6) is 0 Å². The van der Waals surface area contributed by atoms with E-state index in [1.54, 1.807) is 0 Å². The van der Waals surface area contributed by atoms with E-state index in [4.69, 9.17) is 21.7 Å². The predicted molar refractivity (Wildman–Crippen MR) is 60.4 cm³/mol. The van der Waals surface area contributed by atoms with Crippen molar-refractivity contribution in [1.82, 2.24) is 0 Å². The molecule has 0 radical (unpaired) electrons. The molecule has 90 valence electrons. The van der Waals surface area contributed by atoms with Crippen molar-refractivity contribution in [2.45, 2.75) is 18.5 Å². The minimum atomic E-state index is -1.06. The second kappa shape index (κ2) is 8.78. The van der Waals surface area contributed by atoms with E-state index in [2.05, 4.69) is 0 Å². The Kier molecular flexibility index (Phi) is 9.90. The smallest absolute Gasteiger partial charge is 0.321 e. The third kappa shape index (κ3) is 8.49. The molecule has 0 rings (SSSR count). The Morgan fingerprint density at radius 1 is 1.13 bits per heavy atom. The quantitative estimate of drug-likeness (QED) is 0.447. The molecule has 6 nitrogen and oxygen atoms in total. The summed E-state index contributed by atoms with van der Waals surface area (Å²) in [6.45, 7) is 0. The molecule has 2 atom stereocenters. The maximum Gasteiger partial charge on any atom is 0.321 e. The zero-order chi connectivity index (χ0) is 11.1. The van der Waals surface area contributed by atoms with E-state index in [9.17, 15) is 9.59 Å². The second-order valence-electron chi connectivity index (χ2n) is 2.75. The third-order valence-corrected chi connectivity index (χ3v) is 2.62.